The van der Waals surface area contributed by atoms with Crippen LogP contribution in [0.1, 0.15) is 15.9 Å². The van der Waals surface area contributed by atoms with Gasteiger partial charge in [0.1, 0.15) is 0 Å². The first kappa shape index (κ1) is 13.7. The van der Waals surface area contributed by atoms with E-state index < -0.39 is 5.97 Å². The first-order chi connectivity index (χ1) is 9.52. The highest BCUT2D eigenvalue weighted by Gasteiger charge is 2.12. The number of benzene rings is 2. The zero-order valence-corrected chi connectivity index (χ0v) is 11.0. The lowest BCUT2D eigenvalue weighted by atomic mass is 10.1. The van der Waals surface area contributed by atoms with Gasteiger partial charge in [0.2, 0.25) is 0 Å². The van der Waals surface area contributed by atoms with Crippen LogP contribution in [0, 0.1) is 11.3 Å². The molecule has 0 fully saturated rings. The van der Waals surface area contributed by atoms with Crippen molar-refractivity contribution in [3.8, 4) is 6.07 Å². The van der Waals surface area contributed by atoms with Crippen LogP contribution >= 0.6 is 11.6 Å². The first-order valence-corrected chi connectivity index (χ1v) is 5.99. The monoisotopic (exact) mass is 287 g/mol. The highest BCUT2D eigenvalue weighted by Crippen LogP contribution is 2.30. The number of nitrogens with one attached hydrogen (secondary N) is 1. The van der Waals surface area contributed by atoms with Gasteiger partial charge in [-0.3, -0.25) is 0 Å². The standard InChI is InChI=1S/C14H10ClN3O2/c15-10-6-8(7-16)4-5-11(10)18-12-3-1-2-9(13(12)17)14(19)20/h1-6,18H,17H2,(H,19,20). The summed E-state index contributed by atoms with van der Waals surface area (Å²) in [5.74, 6) is -1.10. The molecule has 2 rings (SSSR count). The van der Waals surface area contributed by atoms with Crippen molar-refractivity contribution >= 4 is 34.6 Å². The SMILES string of the molecule is N#Cc1ccc(Nc2cccc(C(=O)O)c2N)c(Cl)c1. The van der Waals surface area contributed by atoms with Gasteiger partial charge in [-0.2, -0.15) is 5.26 Å². The average Bonchev–Trinajstić information content (AvgIpc) is 2.42. The summed E-state index contributed by atoms with van der Waals surface area (Å²) in [6, 6.07) is 11.4. The van der Waals surface area contributed by atoms with Crippen molar-refractivity contribution in [2.24, 2.45) is 0 Å². The average molecular weight is 288 g/mol. The minimum atomic E-state index is -1.10. The molecule has 4 N–H and O–H groups in total. The van der Waals surface area contributed by atoms with E-state index in [-0.39, 0.29) is 11.3 Å². The van der Waals surface area contributed by atoms with E-state index in [1.54, 1.807) is 24.3 Å². The zero-order chi connectivity index (χ0) is 14.7. The number of para-hydroxylation sites is 1. The molecule has 0 aliphatic rings. The number of carboxylic acid groups (broad SMARTS) is 1. The van der Waals surface area contributed by atoms with Crippen molar-refractivity contribution in [1.29, 1.82) is 5.26 Å². The van der Waals surface area contributed by atoms with Gasteiger partial charge < -0.3 is 16.2 Å². The molecule has 0 saturated heterocycles. The molecule has 20 heavy (non-hydrogen) atoms. The molecule has 0 aliphatic heterocycles. The number of hydrogen-bond acceptors (Lipinski definition) is 4. The van der Waals surface area contributed by atoms with Gasteiger partial charge in [-0.1, -0.05) is 17.7 Å². The number of carboxylic acids is 1. The van der Waals surface area contributed by atoms with Gasteiger partial charge >= 0.3 is 5.97 Å². The van der Waals surface area contributed by atoms with E-state index in [1.165, 1.54) is 12.1 Å². The van der Waals surface area contributed by atoms with Crippen LogP contribution in [0.5, 0.6) is 0 Å². The molecule has 0 heterocycles. The van der Waals surface area contributed by atoms with Gasteiger partial charge in [-0.15, -0.1) is 0 Å². The van der Waals surface area contributed by atoms with Crippen LogP contribution < -0.4 is 11.1 Å². The van der Waals surface area contributed by atoms with Gasteiger partial charge in [0, 0.05) is 0 Å². The molecule has 0 amide bonds. The number of anilines is 3. The van der Waals surface area contributed by atoms with Gasteiger partial charge in [0.05, 0.1) is 39.3 Å². The summed E-state index contributed by atoms with van der Waals surface area (Å²) in [6.07, 6.45) is 0. The molecule has 0 atom stereocenters. The predicted octanol–water partition coefficient (Wildman–Crippen LogP) is 3.24. The molecular weight excluding hydrogens is 278 g/mol. The first-order valence-electron chi connectivity index (χ1n) is 5.61. The van der Waals surface area contributed by atoms with Crippen molar-refractivity contribution in [3.63, 3.8) is 0 Å². The Bertz CT molecular complexity index is 723. The Balaban J connectivity index is 2.38. The zero-order valence-electron chi connectivity index (χ0n) is 10.2. The van der Waals surface area contributed by atoms with E-state index in [0.717, 1.165) is 0 Å². The predicted molar refractivity (Wildman–Crippen MR) is 77.3 cm³/mol. The normalized spacial score (nSPS) is 9.80. The molecule has 0 aromatic heterocycles. The third-order valence-corrected chi connectivity index (χ3v) is 3.02. The second-order valence-corrected chi connectivity index (χ2v) is 4.41. The Labute approximate surface area is 120 Å². The summed E-state index contributed by atoms with van der Waals surface area (Å²) in [4.78, 5) is 11.0. The second-order valence-electron chi connectivity index (χ2n) is 4.00. The van der Waals surface area contributed by atoms with E-state index in [9.17, 15) is 4.79 Å². The van der Waals surface area contributed by atoms with E-state index in [1.807, 2.05) is 6.07 Å². The van der Waals surface area contributed by atoms with Gasteiger partial charge in [0.15, 0.2) is 0 Å². The van der Waals surface area contributed by atoms with Crippen LogP contribution in [-0.2, 0) is 0 Å². The Morgan fingerprint density at radius 3 is 2.65 bits per heavy atom. The number of halogens is 1. The Morgan fingerprint density at radius 2 is 2.05 bits per heavy atom. The number of nitrogen functional groups attached to an aromatic ring is 1. The van der Waals surface area contributed by atoms with Crippen molar-refractivity contribution in [2.45, 2.75) is 0 Å². The number of nitrogens with zero attached hydrogens (tertiary/aromatic N) is 1. The Kier molecular flexibility index (Phi) is 3.78. The molecule has 2 aromatic rings. The van der Waals surface area contributed by atoms with Gasteiger partial charge in [-0.05, 0) is 30.3 Å². The Morgan fingerprint density at radius 1 is 1.30 bits per heavy atom. The molecule has 0 unspecified atom stereocenters. The fraction of sp³-hybridized carbons (Fsp3) is 0. The fourth-order valence-corrected chi connectivity index (χ4v) is 1.92. The molecule has 6 heteroatoms. The van der Waals surface area contributed by atoms with Crippen LogP contribution in [0.4, 0.5) is 17.1 Å². The molecular formula is C14H10ClN3O2. The maximum atomic E-state index is 11.0. The summed E-state index contributed by atoms with van der Waals surface area (Å²) in [5, 5.41) is 21.1. The smallest absolute Gasteiger partial charge is 0.337 e. The van der Waals surface area contributed by atoms with Crippen LogP contribution in [-0.4, -0.2) is 11.1 Å². The maximum absolute atomic E-state index is 11.0. The van der Waals surface area contributed by atoms with Crippen molar-refractivity contribution in [2.75, 3.05) is 11.1 Å². The molecule has 0 spiro atoms. The lowest BCUT2D eigenvalue weighted by Gasteiger charge is -2.12. The molecule has 0 radical (unpaired) electrons. The van der Waals surface area contributed by atoms with Crippen molar-refractivity contribution in [3.05, 3.63) is 52.5 Å². The molecule has 2 aromatic carbocycles. The largest absolute Gasteiger partial charge is 0.478 e. The van der Waals surface area contributed by atoms with Crippen LogP contribution in [0.2, 0.25) is 5.02 Å². The molecule has 0 saturated carbocycles. The van der Waals surface area contributed by atoms with E-state index in [2.05, 4.69) is 5.32 Å². The third kappa shape index (κ3) is 2.66. The highest BCUT2D eigenvalue weighted by atomic mass is 35.5. The minimum absolute atomic E-state index is 0.0137. The van der Waals surface area contributed by atoms with Crippen molar-refractivity contribution < 1.29 is 9.90 Å². The molecule has 100 valence electrons. The van der Waals surface area contributed by atoms with Crippen molar-refractivity contribution in [1.82, 2.24) is 0 Å². The minimum Gasteiger partial charge on any atom is -0.478 e. The number of nitrogens with two attached hydrogens (primary N) is 1. The lowest BCUT2D eigenvalue weighted by Crippen LogP contribution is -2.05. The number of carbonyl (C=O) groups is 1. The van der Waals surface area contributed by atoms with Crippen LogP contribution in [0.25, 0.3) is 0 Å². The summed E-state index contributed by atoms with van der Waals surface area (Å²) >= 11 is 6.04. The summed E-state index contributed by atoms with van der Waals surface area (Å²) in [7, 11) is 0. The summed E-state index contributed by atoms with van der Waals surface area (Å²) in [5.41, 5.74) is 7.36. The van der Waals surface area contributed by atoms with Gasteiger partial charge in [-0.25, -0.2) is 4.79 Å². The maximum Gasteiger partial charge on any atom is 0.337 e. The topological polar surface area (TPSA) is 99.1 Å². The second kappa shape index (κ2) is 5.51. The number of hydrogen-bond donors (Lipinski definition) is 3. The van der Waals surface area contributed by atoms with Gasteiger partial charge in [0.25, 0.3) is 0 Å². The summed E-state index contributed by atoms with van der Waals surface area (Å²) in [6.45, 7) is 0. The molecule has 0 bridgehead atoms. The number of aromatic carboxylic acids is 1. The Hall–Kier alpha value is -2.71. The van der Waals surface area contributed by atoms with Crippen LogP contribution in [0.3, 0.4) is 0 Å². The lowest BCUT2D eigenvalue weighted by molar-refractivity contribution is 0.0698. The van der Waals surface area contributed by atoms with E-state index in [0.29, 0.717) is 22.0 Å². The van der Waals surface area contributed by atoms with E-state index in [4.69, 9.17) is 27.7 Å². The quantitative estimate of drug-likeness (QED) is 0.753. The molecule has 5 nitrogen and oxygen atoms in total. The fourth-order valence-electron chi connectivity index (χ4n) is 1.69. The highest BCUT2D eigenvalue weighted by molar-refractivity contribution is 6.33. The summed E-state index contributed by atoms with van der Waals surface area (Å²) < 4.78 is 0. The number of rotatable bonds is 3. The number of nitriles is 1. The van der Waals surface area contributed by atoms with E-state index >= 15 is 0 Å². The third-order valence-electron chi connectivity index (χ3n) is 2.70. The van der Waals surface area contributed by atoms with Crippen LogP contribution in [0.15, 0.2) is 36.4 Å². The molecule has 0 aliphatic carbocycles.